The molecule has 1 unspecified atom stereocenters. The van der Waals surface area contributed by atoms with Crippen molar-refractivity contribution in [1.29, 1.82) is 0 Å². The maximum atomic E-state index is 11.9. The lowest BCUT2D eigenvalue weighted by Gasteiger charge is -2.17. The molecule has 1 rings (SSSR count). The van der Waals surface area contributed by atoms with Crippen LogP contribution < -0.4 is 11.1 Å². The van der Waals surface area contributed by atoms with Crippen molar-refractivity contribution in [2.75, 3.05) is 0 Å². The Labute approximate surface area is 124 Å². The van der Waals surface area contributed by atoms with Crippen LogP contribution in [0.4, 0.5) is 0 Å². The lowest BCUT2D eigenvalue weighted by atomic mass is 10.0. The maximum absolute atomic E-state index is 11.9. The van der Waals surface area contributed by atoms with E-state index in [1.807, 2.05) is 6.92 Å². The summed E-state index contributed by atoms with van der Waals surface area (Å²) < 4.78 is 0. The first-order valence-corrected chi connectivity index (χ1v) is 7.00. The first-order chi connectivity index (χ1) is 9.93. The number of carbonyl (C=O) groups is 2. The van der Waals surface area contributed by atoms with Gasteiger partial charge in [-0.05, 0) is 30.5 Å². The van der Waals surface area contributed by atoms with Crippen molar-refractivity contribution >= 4 is 11.9 Å². The molecule has 2 atom stereocenters. The van der Waals surface area contributed by atoms with Crippen molar-refractivity contribution in [3.63, 3.8) is 0 Å². The fraction of sp³-hybridized carbons (Fsp3) is 0.467. The summed E-state index contributed by atoms with van der Waals surface area (Å²) >= 11 is 0. The molecule has 0 heterocycles. The lowest BCUT2D eigenvalue weighted by Crippen LogP contribution is -2.49. The van der Waals surface area contributed by atoms with E-state index in [0.29, 0.717) is 6.42 Å². The third-order valence-corrected chi connectivity index (χ3v) is 3.19. The molecular formula is C15H22N2O4. The van der Waals surface area contributed by atoms with Gasteiger partial charge < -0.3 is 21.3 Å². The normalized spacial score (nSPS) is 13.4. The molecule has 6 heteroatoms. The van der Waals surface area contributed by atoms with E-state index in [9.17, 15) is 14.7 Å². The van der Waals surface area contributed by atoms with Crippen LogP contribution in [-0.2, 0) is 16.0 Å². The number of hydrogen-bond acceptors (Lipinski definition) is 4. The number of carbonyl (C=O) groups excluding carboxylic acids is 1. The number of unbranched alkanes of at least 4 members (excludes halogenated alkanes) is 1. The number of hydrogen-bond donors (Lipinski definition) is 4. The van der Waals surface area contributed by atoms with Crippen molar-refractivity contribution in [3.05, 3.63) is 29.8 Å². The molecule has 0 radical (unpaired) electrons. The second-order valence-electron chi connectivity index (χ2n) is 5.02. The highest BCUT2D eigenvalue weighted by molar-refractivity contribution is 5.86. The molecule has 116 valence electrons. The van der Waals surface area contributed by atoms with Crippen molar-refractivity contribution in [3.8, 4) is 5.75 Å². The van der Waals surface area contributed by atoms with Crippen LogP contribution in [0.2, 0.25) is 0 Å². The minimum atomic E-state index is -1.05. The minimum Gasteiger partial charge on any atom is -0.508 e. The Balaban J connectivity index is 2.56. The number of carboxylic acid groups (broad SMARTS) is 1. The number of phenols is 1. The van der Waals surface area contributed by atoms with Gasteiger partial charge in [0.05, 0.1) is 6.04 Å². The number of benzene rings is 1. The van der Waals surface area contributed by atoms with E-state index in [-0.39, 0.29) is 12.2 Å². The van der Waals surface area contributed by atoms with Gasteiger partial charge in [-0.15, -0.1) is 0 Å². The van der Waals surface area contributed by atoms with Crippen LogP contribution in [0.15, 0.2) is 24.3 Å². The fourth-order valence-electron chi connectivity index (χ4n) is 1.92. The molecule has 21 heavy (non-hydrogen) atoms. The Morgan fingerprint density at radius 1 is 1.29 bits per heavy atom. The van der Waals surface area contributed by atoms with E-state index >= 15 is 0 Å². The monoisotopic (exact) mass is 294 g/mol. The summed E-state index contributed by atoms with van der Waals surface area (Å²) in [6, 6.07) is 4.66. The van der Waals surface area contributed by atoms with E-state index in [1.165, 1.54) is 12.1 Å². The molecule has 0 bridgehead atoms. The third-order valence-electron chi connectivity index (χ3n) is 3.19. The van der Waals surface area contributed by atoms with E-state index < -0.39 is 24.0 Å². The number of amides is 1. The topological polar surface area (TPSA) is 113 Å². The SMILES string of the molecule is CCCCC(NC(=O)[C@H](N)Cc1ccc(O)cc1)C(=O)O. The molecule has 0 saturated heterocycles. The average Bonchev–Trinajstić information content (AvgIpc) is 2.45. The minimum absolute atomic E-state index is 0.141. The summed E-state index contributed by atoms with van der Waals surface area (Å²) in [6.45, 7) is 1.96. The van der Waals surface area contributed by atoms with Gasteiger partial charge in [0.15, 0.2) is 0 Å². The zero-order valence-electron chi connectivity index (χ0n) is 12.1. The highest BCUT2D eigenvalue weighted by atomic mass is 16.4. The molecule has 6 nitrogen and oxygen atoms in total. The predicted molar refractivity (Wildman–Crippen MR) is 78.9 cm³/mol. The van der Waals surface area contributed by atoms with Crippen LogP contribution in [0.5, 0.6) is 5.75 Å². The van der Waals surface area contributed by atoms with Crippen molar-refractivity contribution in [1.82, 2.24) is 5.32 Å². The first kappa shape index (κ1) is 17.0. The Morgan fingerprint density at radius 2 is 1.90 bits per heavy atom. The number of nitrogens with two attached hydrogens (primary N) is 1. The third kappa shape index (κ3) is 5.83. The van der Waals surface area contributed by atoms with Gasteiger partial charge in [0, 0.05) is 0 Å². The van der Waals surface area contributed by atoms with Gasteiger partial charge in [0.25, 0.3) is 0 Å². The lowest BCUT2D eigenvalue weighted by molar-refractivity contribution is -0.142. The summed E-state index contributed by atoms with van der Waals surface area (Å²) in [6.07, 6.45) is 2.26. The highest BCUT2D eigenvalue weighted by Gasteiger charge is 2.22. The smallest absolute Gasteiger partial charge is 0.326 e. The van der Waals surface area contributed by atoms with Gasteiger partial charge in [0.2, 0.25) is 5.91 Å². The number of carboxylic acids is 1. The fourth-order valence-corrected chi connectivity index (χ4v) is 1.92. The number of rotatable bonds is 8. The van der Waals surface area contributed by atoms with Crippen molar-refractivity contribution in [2.24, 2.45) is 5.73 Å². The van der Waals surface area contributed by atoms with Gasteiger partial charge in [0.1, 0.15) is 11.8 Å². The molecule has 0 aromatic heterocycles. The van der Waals surface area contributed by atoms with Gasteiger partial charge in [-0.2, -0.15) is 0 Å². The van der Waals surface area contributed by atoms with E-state index in [1.54, 1.807) is 12.1 Å². The largest absolute Gasteiger partial charge is 0.508 e. The molecule has 0 fully saturated rings. The van der Waals surface area contributed by atoms with Gasteiger partial charge in [-0.1, -0.05) is 31.9 Å². The van der Waals surface area contributed by atoms with E-state index in [2.05, 4.69) is 5.32 Å². The second-order valence-corrected chi connectivity index (χ2v) is 5.02. The molecule has 1 amide bonds. The standard InChI is InChI=1S/C15H22N2O4/c1-2-3-4-13(15(20)21)17-14(19)12(16)9-10-5-7-11(18)8-6-10/h5-8,12-13,18H,2-4,9,16H2,1H3,(H,17,19)(H,20,21)/t12-,13?/m1/s1. The highest BCUT2D eigenvalue weighted by Crippen LogP contribution is 2.11. The molecule has 5 N–H and O–H groups in total. The first-order valence-electron chi connectivity index (χ1n) is 7.00. The molecule has 1 aromatic rings. The summed E-state index contributed by atoms with van der Waals surface area (Å²) in [5, 5.41) is 20.7. The number of phenolic OH excluding ortho intramolecular Hbond substituents is 1. The van der Waals surface area contributed by atoms with Crippen LogP contribution >= 0.6 is 0 Å². The number of aliphatic carboxylic acids is 1. The zero-order valence-corrected chi connectivity index (χ0v) is 12.1. The maximum Gasteiger partial charge on any atom is 0.326 e. The molecule has 0 aliphatic rings. The van der Waals surface area contributed by atoms with Gasteiger partial charge >= 0.3 is 5.97 Å². The number of nitrogens with one attached hydrogen (secondary N) is 1. The molecule has 0 spiro atoms. The van der Waals surface area contributed by atoms with Crippen LogP contribution in [-0.4, -0.2) is 34.2 Å². The molecule has 1 aromatic carbocycles. The average molecular weight is 294 g/mol. The summed E-state index contributed by atoms with van der Waals surface area (Å²) in [4.78, 5) is 23.0. The molecule has 0 aliphatic heterocycles. The Bertz CT molecular complexity index is 473. The van der Waals surface area contributed by atoms with Crippen molar-refractivity contribution < 1.29 is 19.8 Å². The Kier molecular flexibility index (Phi) is 6.68. The quantitative estimate of drug-likeness (QED) is 0.572. The zero-order chi connectivity index (χ0) is 15.8. The van der Waals surface area contributed by atoms with E-state index in [4.69, 9.17) is 10.8 Å². The Hall–Kier alpha value is -2.08. The second kappa shape index (κ2) is 8.26. The van der Waals surface area contributed by atoms with Gasteiger partial charge in [-0.25, -0.2) is 4.79 Å². The van der Waals surface area contributed by atoms with Crippen LogP contribution in [0.25, 0.3) is 0 Å². The van der Waals surface area contributed by atoms with Crippen LogP contribution in [0.3, 0.4) is 0 Å². The predicted octanol–water partition coefficient (Wildman–Crippen LogP) is 1.02. The van der Waals surface area contributed by atoms with Crippen LogP contribution in [0.1, 0.15) is 31.7 Å². The summed E-state index contributed by atoms with van der Waals surface area (Å²) in [7, 11) is 0. The number of aromatic hydroxyl groups is 1. The van der Waals surface area contributed by atoms with Crippen molar-refractivity contribution in [2.45, 2.75) is 44.7 Å². The van der Waals surface area contributed by atoms with E-state index in [0.717, 1.165) is 18.4 Å². The Morgan fingerprint density at radius 3 is 2.43 bits per heavy atom. The molecule has 0 saturated carbocycles. The van der Waals surface area contributed by atoms with Crippen LogP contribution in [0, 0.1) is 0 Å². The molecule has 0 aliphatic carbocycles. The summed E-state index contributed by atoms with van der Waals surface area (Å²) in [5.41, 5.74) is 6.60. The van der Waals surface area contributed by atoms with Gasteiger partial charge in [-0.3, -0.25) is 4.79 Å². The summed E-state index contributed by atoms with van der Waals surface area (Å²) in [5.74, 6) is -1.39. The molecular weight excluding hydrogens is 272 g/mol.